The molecule has 2 aromatic heterocycles. The molecule has 1 aromatic carbocycles. The van der Waals surface area contributed by atoms with Gasteiger partial charge < -0.3 is 14.4 Å². The van der Waals surface area contributed by atoms with Crippen LogP contribution in [0.5, 0.6) is 5.75 Å². The number of benzene rings is 1. The molecule has 2 atom stereocenters. The fraction of sp³-hybridized carbons (Fsp3) is 0.450. The van der Waals surface area contributed by atoms with E-state index in [0.29, 0.717) is 17.3 Å². The lowest BCUT2D eigenvalue weighted by Crippen LogP contribution is -2.07. The molecule has 2 unspecified atom stereocenters. The van der Waals surface area contributed by atoms with Crippen LogP contribution in [0.15, 0.2) is 30.6 Å². The lowest BCUT2D eigenvalue weighted by Gasteiger charge is -2.14. The summed E-state index contributed by atoms with van der Waals surface area (Å²) in [5, 5.41) is 12.1. The highest BCUT2D eigenvalue weighted by Gasteiger charge is 2.31. The first-order valence-corrected chi connectivity index (χ1v) is 13.3. The van der Waals surface area contributed by atoms with Crippen molar-refractivity contribution in [3.63, 3.8) is 0 Å². The third kappa shape index (κ3) is 4.84. The van der Waals surface area contributed by atoms with Crippen molar-refractivity contribution in [1.29, 1.82) is 0 Å². The summed E-state index contributed by atoms with van der Waals surface area (Å²) in [7, 11) is -4.78. The summed E-state index contributed by atoms with van der Waals surface area (Å²) in [4.78, 5) is 14.2. The third-order valence-corrected chi connectivity index (χ3v) is 8.26. The summed E-state index contributed by atoms with van der Waals surface area (Å²) in [6.45, 7) is 4.18. The summed E-state index contributed by atoms with van der Waals surface area (Å²) in [5.41, 5.74) is 2.22. The van der Waals surface area contributed by atoms with Crippen molar-refractivity contribution in [2.24, 2.45) is 0 Å². The molecule has 2 N–H and O–H groups in total. The van der Waals surface area contributed by atoms with Crippen LogP contribution in [0.4, 0.5) is 11.5 Å². The maximum Gasteiger partial charge on any atom is 0.453 e. The molecule has 2 heterocycles. The molecule has 12 heteroatoms. The number of nitrogens with zero attached hydrogens (tertiary/aromatic N) is 4. The second kappa shape index (κ2) is 9.63. The molecule has 1 saturated carbocycles. The molecule has 1 aliphatic carbocycles. The summed E-state index contributed by atoms with van der Waals surface area (Å²) in [6, 6.07) is 6.81. The van der Waals surface area contributed by atoms with Crippen molar-refractivity contribution < 1.29 is 23.6 Å². The number of nitrogens with one attached hydrogen (secondary N) is 1. The zero-order valence-electron chi connectivity index (χ0n) is 17.9. The van der Waals surface area contributed by atoms with Gasteiger partial charge in [0.2, 0.25) is 0 Å². The van der Waals surface area contributed by atoms with Crippen LogP contribution in [0.2, 0.25) is 0 Å². The molecule has 170 valence electrons. The number of hydrogen-bond donors (Lipinski definition) is 2. The number of fused-ring (bicyclic) bond motifs is 1. The first kappa shape index (κ1) is 22.8. The van der Waals surface area contributed by atoms with Crippen LogP contribution in [0.3, 0.4) is 0 Å². The van der Waals surface area contributed by atoms with Gasteiger partial charge in [-0.1, -0.05) is 17.4 Å². The highest BCUT2D eigenvalue weighted by molar-refractivity contribution is 7.62. The van der Waals surface area contributed by atoms with Crippen LogP contribution in [0.1, 0.15) is 57.3 Å². The summed E-state index contributed by atoms with van der Waals surface area (Å²) < 4.78 is 34.1. The summed E-state index contributed by atoms with van der Waals surface area (Å²) >= 11 is 0. The zero-order chi connectivity index (χ0) is 22.7. The maximum atomic E-state index is 12.2. The molecule has 3 aromatic rings. The topological polar surface area (TPSA) is 128 Å². The zero-order valence-corrected chi connectivity index (χ0v) is 19.8. The van der Waals surface area contributed by atoms with E-state index in [1.807, 2.05) is 4.57 Å². The van der Waals surface area contributed by atoms with Gasteiger partial charge in [-0.2, -0.15) is 0 Å². The van der Waals surface area contributed by atoms with Crippen molar-refractivity contribution in [3.05, 3.63) is 36.4 Å². The smallest absolute Gasteiger partial charge is 0.420 e. The van der Waals surface area contributed by atoms with Gasteiger partial charge in [0, 0.05) is 17.6 Å². The van der Waals surface area contributed by atoms with Gasteiger partial charge in [-0.05, 0) is 51.0 Å². The lowest BCUT2D eigenvalue weighted by molar-refractivity contribution is -0.143. The molecule has 4 rings (SSSR count). The van der Waals surface area contributed by atoms with Gasteiger partial charge in [-0.25, -0.2) is 24.8 Å². The van der Waals surface area contributed by atoms with Crippen molar-refractivity contribution in [1.82, 2.24) is 19.5 Å². The normalized spacial score (nSPS) is 16.6. The van der Waals surface area contributed by atoms with Crippen LogP contribution < -0.4 is 9.84 Å². The fourth-order valence-electron chi connectivity index (χ4n) is 3.82. The van der Waals surface area contributed by atoms with E-state index >= 15 is 0 Å². The monoisotopic (exact) mass is 478 g/mol. The van der Waals surface area contributed by atoms with Crippen molar-refractivity contribution in [2.45, 2.75) is 51.5 Å². The Bertz CT molecular complexity index is 1150. The Morgan fingerprint density at radius 3 is 2.59 bits per heavy atom. The Hall–Kier alpha value is -2.38. The number of rotatable bonds is 9. The Morgan fingerprint density at radius 1 is 1.25 bits per heavy atom. The van der Waals surface area contributed by atoms with Crippen LogP contribution in [0, 0.1) is 0 Å². The van der Waals surface area contributed by atoms with Gasteiger partial charge in [0.25, 0.3) is 5.90 Å². The summed E-state index contributed by atoms with van der Waals surface area (Å²) in [6.07, 6.45) is 6.34. The molecule has 1 fully saturated rings. The van der Waals surface area contributed by atoms with Crippen molar-refractivity contribution in [3.8, 4) is 5.75 Å². The highest BCUT2D eigenvalue weighted by Crippen LogP contribution is 2.49. The quantitative estimate of drug-likeness (QED) is 0.221. The minimum atomic E-state index is -3.86. The molecule has 1 aliphatic rings. The van der Waals surface area contributed by atoms with Gasteiger partial charge in [0.1, 0.15) is 11.6 Å². The van der Waals surface area contributed by atoms with E-state index < -0.39 is 22.0 Å². The fourth-order valence-corrected chi connectivity index (χ4v) is 5.42. The van der Waals surface area contributed by atoms with Crippen molar-refractivity contribution >= 4 is 38.7 Å². The van der Waals surface area contributed by atoms with Crippen LogP contribution in [-0.2, 0) is 13.8 Å². The Kier molecular flexibility index (Phi) is 6.86. The van der Waals surface area contributed by atoms with Gasteiger partial charge in [-0.3, -0.25) is 0 Å². The predicted molar refractivity (Wildman–Crippen MR) is 122 cm³/mol. The minimum Gasteiger partial charge on any atom is -0.420 e. The number of aromatic nitrogens is 4. The molecule has 0 saturated heterocycles. The second-order valence-electron chi connectivity index (χ2n) is 8.07. The van der Waals surface area contributed by atoms with Gasteiger partial charge >= 0.3 is 16.1 Å². The van der Waals surface area contributed by atoms with E-state index in [0.717, 1.165) is 30.0 Å². The van der Waals surface area contributed by atoms with Crippen molar-refractivity contribution in [2.75, 3.05) is 11.2 Å². The Labute approximate surface area is 187 Å². The largest absolute Gasteiger partial charge is 0.453 e. The lowest BCUT2D eigenvalue weighted by atomic mass is 10.1. The van der Waals surface area contributed by atoms with E-state index in [-0.39, 0.29) is 11.8 Å². The first-order valence-electron chi connectivity index (χ1n) is 10.5. The van der Waals surface area contributed by atoms with E-state index in [4.69, 9.17) is 19.7 Å². The standard InChI is InChI=1S/C20H25N5O5P2/c1-13(2)25-11-21-17-19(23-18(24-20(17)25)14-5-3-4-6-14)22-15-7-9-16(10-8-15)29-32(28,30-26)12-31-27/h7-11,13-14,26H,3-6,12H2,1-2H3,(H,22,23,24)/p+1. The molecule has 0 spiro atoms. The molecule has 0 bridgehead atoms. The van der Waals surface area contributed by atoms with Gasteiger partial charge in [0.15, 0.2) is 17.0 Å². The molecular formula is C20H26N5O5P2+. The molecule has 0 aliphatic heterocycles. The van der Waals surface area contributed by atoms with E-state index in [1.165, 1.54) is 12.8 Å². The van der Waals surface area contributed by atoms with Crippen LogP contribution in [0.25, 0.3) is 11.2 Å². The summed E-state index contributed by atoms with van der Waals surface area (Å²) in [5.74, 6) is 1.63. The van der Waals surface area contributed by atoms with E-state index in [2.05, 4.69) is 28.8 Å². The third-order valence-electron chi connectivity index (χ3n) is 5.46. The number of imidazole rings is 1. The van der Waals surface area contributed by atoms with Crippen LogP contribution >= 0.6 is 16.1 Å². The second-order valence-corrected chi connectivity index (χ2v) is 11.2. The van der Waals surface area contributed by atoms with E-state index in [9.17, 15) is 9.13 Å². The molecule has 10 nitrogen and oxygen atoms in total. The molecule has 0 amide bonds. The maximum absolute atomic E-state index is 12.2. The first-order chi connectivity index (χ1) is 15.4. The molecule has 0 radical (unpaired) electrons. The van der Waals surface area contributed by atoms with Gasteiger partial charge in [-0.15, -0.1) is 4.67 Å². The minimum absolute atomic E-state index is 0.217. The molecule has 32 heavy (non-hydrogen) atoms. The Morgan fingerprint density at radius 2 is 1.97 bits per heavy atom. The van der Waals surface area contributed by atoms with Crippen LogP contribution in [-0.4, -0.2) is 30.7 Å². The predicted octanol–water partition coefficient (Wildman–Crippen LogP) is 5.85. The Balaban J connectivity index is 1.63. The van der Waals surface area contributed by atoms with Gasteiger partial charge in [0.05, 0.1) is 6.33 Å². The highest BCUT2D eigenvalue weighted by atomic mass is 31.2. The van der Waals surface area contributed by atoms with E-state index in [1.54, 1.807) is 30.6 Å². The average Bonchev–Trinajstić information content (AvgIpc) is 3.45. The average molecular weight is 478 g/mol. The number of hydrogen-bond acceptors (Lipinski definition) is 9. The number of anilines is 2. The SMILES string of the molecule is CC(C)n1cnc2c(Nc3ccc(OP(=O)(C[PH+]=O)OO)cc3)nc(C3CCCC3)nc21. The molecular weight excluding hydrogens is 452 g/mol.